The van der Waals surface area contributed by atoms with E-state index in [1.807, 2.05) is 0 Å². The van der Waals surface area contributed by atoms with Crippen LogP contribution in [0.3, 0.4) is 0 Å². The first-order chi connectivity index (χ1) is 16.6. The van der Waals surface area contributed by atoms with Gasteiger partial charge in [-0.1, -0.05) is 31.6 Å². The number of carbonyl (C=O) groups is 1. The van der Waals surface area contributed by atoms with Crippen molar-refractivity contribution in [2.24, 2.45) is 34.5 Å². The summed E-state index contributed by atoms with van der Waals surface area (Å²) in [6, 6.07) is 0. The molecule has 1 aliphatic heterocycles. The number of allylic oxidation sites excluding steroid dienone is 2. The SMILES string of the molecule is C=C[C@H]1CC[C@H]2[C@@H]3CC=C4C[C@@H](O[C@@H]5O[C@@H](C)[C@@H](O)[C@@H](OC(C)=O)[C@@H]5O)CC[C@]4(C)[C@H]3CC[C@]12C. The monoisotopic (exact) mass is 488 g/mol. The van der Waals surface area contributed by atoms with Crippen molar-refractivity contribution in [3.63, 3.8) is 0 Å². The highest BCUT2D eigenvalue weighted by atomic mass is 16.7. The Morgan fingerprint density at radius 3 is 2.63 bits per heavy atom. The van der Waals surface area contributed by atoms with E-state index in [0.29, 0.717) is 11.3 Å². The van der Waals surface area contributed by atoms with E-state index >= 15 is 0 Å². The summed E-state index contributed by atoms with van der Waals surface area (Å²) in [5.74, 6) is 2.41. The number of hydrogen-bond acceptors (Lipinski definition) is 6. The largest absolute Gasteiger partial charge is 0.457 e. The molecule has 1 heterocycles. The van der Waals surface area contributed by atoms with Crippen LogP contribution < -0.4 is 0 Å². The molecule has 0 radical (unpaired) electrons. The van der Waals surface area contributed by atoms with Gasteiger partial charge in [0.15, 0.2) is 12.4 Å². The van der Waals surface area contributed by atoms with Crippen molar-refractivity contribution in [3.8, 4) is 0 Å². The summed E-state index contributed by atoms with van der Waals surface area (Å²) in [5.41, 5.74) is 2.14. The number of ether oxygens (including phenoxy) is 3. The summed E-state index contributed by atoms with van der Waals surface area (Å²) >= 11 is 0. The molecule has 0 aromatic heterocycles. The molecule has 0 unspecified atom stereocenters. The van der Waals surface area contributed by atoms with Gasteiger partial charge in [0, 0.05) is 6.92 Å². The van der Waals surface area contributed by atoms with Crippen LogP contribution in [0.5, 0.6) is 0 Å². The topological polar surface area (TPSA) is 85.2 Å². The van der Waals surface area contributed by atoms with Crippen molar-refractivity contribution < 1.29 is 29.2 Å². The predicted molar refractivity (Wildman–Crippen MR) is 132 cm³/mol. The van der Waals surface area contributed by atoms with Crippen LogP contribution >= 0.6 is 0 Å². The second-order valence-electron chi connectivity index (χ2n) is 12.5. The molecule has 0 spiro atoms. The van der Waals surface area contributed by atoms with Crippen molar-refractivity contribution in [3.05, 3.63) is 24.3 Å². The minimum absolute atomic E-state index is 0.0589. The molecular weight excluding hydrogens is 444 g/mol. The minimum Gasteiger partial charge on any atom is -0.457 e. The summed E-state index contributed by atoms with van der Waals surface area (Å²) in [7, 11) is 0. The van der Waals surface area contributed by atoms with E-state index < -0.39 is 36.7 Å². The molecule has 12 atom stereocenters. The van der Waals surface area contributed by atoms with Crippen LogP contribution in [0.25, 0.3) is 0 Å². The first-order valence-corrected chi connectivity index (χ1v) is 13.7. The Morgan fingerprint density at radius 2 is 1.91 bits per heavy atom. The van der Waals surface area contributed by atoms with Crippen LogP contribution in [0, 0.1) is 34.5 Å². The van der Waals surface area contributed by atoms with Crippen LogP contribution in [0.15, 0.2) is 24.3 Å². The smallest absolute Gasteiger partial charge is 0.303 e. The number of fused-ring (bicyclic) bond motifs is 5. The lowest BCUT2D eigenvalue weighted by molar-refractivity contribution is -0.307. The highest BCUT2D eigenvalue weighted by Gasteiger charge is 2.58. The number of rotatable bonds is 4. The fourth-order valence-corrected chi connectivity index (χ4v) is 8.80. The van der Waals surface area contributed by atoms with Gasteiger partial charge in [0.05, 0.1) is 12.2 Å². The molecule has 196 valence electrons. The predicted octanol–water partition coefficient (Wildman–Crippen LogP) is 4.53. The lowest BCUT2D eigenvalue weighted by Gasteiger charge is -2.58. The molecule has 1 saturated heterocycles. The molecule has 5 aliphatic rings. The molecule has 5 rings (SSSR count). The molecule has 0 bridgehead atoms. The molecule has 3 saturated carbocycles. The highest BCUT2D eigenvalue weighted by molar-refractivity contribution is 5.66. The van der Waals surface area contributed by atoms with E-state index in [2.05, 4.69) is 32.6 Å². The molecule has 6 nitrogen and oxygen atoms in total. The third kappa shape index (κ3) is 4.13. The molecule has 4 fully saturated rings. The summed E-state index contributed by atoms with van der Waals surface area (Å²) < 4.78 is 17.3. The van der Waals surface area contributed by atoms with Crippen LogP contribution in [0.2, 0.25) is 0 Å². The Labute approximate surface area is 210 Å². The van der Waals surface area contributed by atoms with E-state index in [1.165, 1.54) is 38.2 Å². The lowest BCUT2D eigenvalue weighted by Crippen LogP contribution is -2.59. The summed E-state index contributed by atoms with van der Waals surface area (Å²) in [6.45, 7) is 12.1. The van der Waals surface area contributed by atoms with Gasteiger partial charge in [-0.25, -0.2) is 0 Å². The third-order valence-corrected chi connectivity index (χ3v) is 10.8. The van der Waals surface area contributed by atoms with Crippen molar-refractivity contribution in [2.45, 2.75) is 116 Å². The Morgan fingerprint density at radius 1 is 1.14 bits per heavy atom. The maximum atomic E-state index is 11.5. The zero-order chi connectivity index (χ0) is 25.1. The summed E-state index contributed by atoms with van der Waals surface area (Å²) in [6.07, 6.45) is 9.02. The van der Waals surface area contributed by atoms with Gasteiger partial charge in [0.25, 0.3) is 0 Å². The first-order valence-electron chi connectivity index (χ1n) is 13.7. The van der Waals surface area contributed by atoms with Crippen molar-refractivity contribution >= 4 is 5.97 Å². The highest BCUT2D eigenvalue weighted by Crippen LogP contribution is 2.66. The van der Waals surface area contributed by atoms with E-state index in [9.17, 15) is 15.0 Å². The zero-order valence-corrected chi connectivity index (χ0v) is 21.8. The van der Waals surface area contributed by atoms with Crippen LogP contribution in [-0.2, 0) is 19.0 Å². The van der Waals surface area contributed by atoms with Gasteiger partial charge >= 0.3 is 5.97 Å². The molecule has 0 amide bonds. The number of carbonyl (C=O) groups excluding carboxylic acids is 1. The minimum atomic E-state index is -1.22. The lowest BCUT2D eigenvalue weighted by atomic mass is 9.47. The van der Waals surface area contributed by atoms with Crippen LogP contribution in [0.4, 0.5) is 0 Å². The van der Waals surface area contributed by atoms with Gasteiger partial charge in [-0.05, 0) is 92.8 Å². The Bertz CT molecular complexity index is 869. The van der Waals surface area contributed by atoms with Gasteiger partial charge in [-0.2, -0.15) is 0 Å². The first kappa shape index (κ1) is 25.4. The Balaban J connectivity index is 1.28. The summed E-state index contributed by atoms with van der Waals surface area (Å²) in [5, 5.41) is 21.1. The van der Waals surface area contributed by atoms with Gasteiger partial charge < -0.3 is 24.4 Å². The van der Waals surface area contributed by atoms with Gasteiger partial charge in [0.1, 0.15) is 12.2 Å². The molecule has 6 heteroatoms. The summed E-state index contributed by atoms with van der Waals surface area (Å²) in [4.78, 5) is 11.5. The van der Waals surface area contributed by atoms with Crippen molar-refractivity contribution in [1.82, 2.24) is 0 Å². The normalized spacial score (nSPS) is 51.4. The van der Waals surface area contributed by atoms with E-state index in [0.717, 1.165) is 43.4 Å². The second kappa shape index (κ2) is 9.27. The fraction of sp³-hybridized carbons (Fsp3) is 0.828. The number of hydrogen-bond donors (Lipinski definition) is 2. The van der Waals surface area contributed by atoms with Crippen molar-refractivity contribution in [1.29, 1.82) is 0 Å². The van der Waals surface area contributed by atoms with Gasteiger partial charge in [-0.15, -0.1) is 6.58 Å². The zero-order valence-electron chi connectivity index (χ0n) is 21.8. The number of esters is 1. The Hall–Kier alpha value is -1.21. The number of aliphatic hydroxyl groups is 2. The Kier molecular flexibility index (Phi) is 6.74. The molecular formula is C29H44O6. The molecule has 0 aromatic rings. The van der Waals surface area contributed by atoms with Gasteiger partial charge in [-0.3, -0.25) is 4.79 Å². The maximum Gasteiger partial charge on any atom is 0.303 e. The standard InChI is InChI=1S/C29H44O6/c1-6-18-8-10-22-21-9-7-19-15-20(11-13-29(19,5)23(21)12-14-28(18,22)4)35-27-25(32)26(34-17(3)30)24(31)16(2)33-27/h6-7,16,18,20-27,31-32H,1,8-15H2,2-5H3/t16-,18-,20-,21-,22-,23-,24+,25-,26+,27-,28+,29-/m0/s1. The molecule has 35 heavy (non-hydrogen) atoms. The molecule has 0 aromatic carbocycles. The second-order valence-corrected chi connectivity index (χ2v) is 12.5. The number of aliphatic hydroxyl groups excluding tert-OH is 2. The molecule has 2 N–H and O–H groups in total. The van der Waals surface area contributed by atoms with Gasteiger partial charge in [0.2, 0.25) is 0 Å². The average Bonchev–Trinajstić information content (AvgIpc) is 3.16. The van der Waals surface area contributed by atoms with Crippen LogP contribution in [0.1, 0.15) is 79.1 Å². The van der Waals surface area contributed by atoms with Crippen LogP contribution in [-0.4, -0.2) is 53.0 Å². The van der Waals surface area contributed by atoms with E-state index in [4.69, 9.17) is 14.2 Å². The van der Waals surface area contributed by atoms with Crippen molar-refractivity contribution in [2.75, 3.05) is 0 Å². The average molecular weight is 489 g/mol. The van der Waals surface area contributed by atoms with E-state index in [1.54, 1.807) is 6.92 Å². The maximum absolute atomic E-state index is 11.5. The molecule has 4 aliphatic carbocycles. The van der Waals surface area contributed by atoms with E-state index in [-0.39, 0.29) is 11.5 Å². The quantitative estimate of drug-likeness (QED) is 0.447. The fourth-order valence-electron chi connectivity index (χ4n) is 8.80. The third-order valence-electron chi connectivity index (χ3n) is 10.8.